The fourth-order valence-corrected chi connectivity index (χ4v) is 1.40. The van der Waals surface area contributed by atoms with Gasteiger partial charge in [-0.05, 0) is 18.8 Å². The van der Waals surface area contributed by atoms with E-state index in [0.29, 0.717) is 11.8 Å². The lowest BCUT2D eigenvalue weighted by molar-refractivity contribution is 0.0689. The summed E-state index contributed by atoms with van der Waals surface area (Å²) in [6.07, 6.45) is 2.05. The molecule has 1 saturated carbocycles. The summed E-state index contributed by atoms with van der Waals surface area (Å²) in [6.45, 7) is 0. The highest BCUT2D eigenvalue weighted by molar-refractivity contribution is 5.88. The number of carbonyl (C=O) groups is 1. The molecule has 0 amide bonds. The molecule has 5 heteroatoms. The summed E-state index contributed by atoms with van der Waals surface area (Å²) in [6, 6.07) is 0. The molecule has 5 nitrogen and oxygen atoms in total. The predicted octanol–water partition coefficient (Wildman–Crippen LogP) is 0.994. The smallest absolute Gasteiger partial charge is 0.354 e. The Morgan fingerprint density at radius 2 is 2.38 bits per heavy atom. The third kappa shape index (κ3) is 1.26. The molecule has 1 aromatic rings. The van der Waals surface area contributed by atoms with Crippen LogP contribution in [0.1, 0.15) is 34.8 Å². The van der Waals surface area contributed by atoms with E-state index in [-0.39, 0.29) is 5.69 Å². The monoisotopic (exact) mass is 182 g/mol. The average molecular weight is 182 g/mol. The lowest BCUT2D eigenvalue weighted by atomic mass is 10.1. The maximum atomic E-state index is 10.8. The molecule has 1 aromatic heterocycles. The van der Waals surface area contributed by atoms with Crippen molar-refractivity contribution in [3.8, 4) is 5.88 Å². The summed E-state index contributed by atoms with van der Waals surface area (Å²) in [5.41, 5.74) is 0.884. The minimum atomic E-state index is -0.974. The number of nitrogens with zero attached hydrogens (tertiary/aromatic N) is 1. The molecule has 13 heavy (non-hydrogen) atoms. The van der Waals surface area contributed by atoms with Gasteiger partial charge in [-0.3, -0.25) is 5.10 Å². The summed E-state index contributed by atoms with van der Waals surface area (Å²) in [5.74, 6) is -0.239. The number of ether oxygens (including phenoxy) is 1. The van der Waals surface area contributed by atoms with Crippen molar-refractivity contribution in [2.24, 2.45) is 0 Å². The highest BCUT2D eigenvalue weighted by Gasteiger charge is 2.33. The van der Waals surface area contributed by atoms with E-state index in [1.807, 2.05) is 0 Å². The minimum absolute atomic E-state index is 0.166. The van der Waals surface area contributed by atoms with Crippen molar-refractivity contribution >= 4 is 5.97 Å². The number of hydrogen-bond donors (Lipinski definition) is 2. The Balaban J connectivity index is 2.44. The Bertz CT molecular complexity index is 341. The van der Waals surface area contributed by atoms with E-state index in [0.717, 1.165) is 18.4 Å². The average Bonchev–Trinajstić information content (AvgIpc) is 2.84. The van der Waals surface area contributed by atoms with Crippen molar-refractivity contribution < 1.29 is 14.6 Å². The van der Waals surface area contributed by atoms with E-state index in [9.17, 15) is 4.79 Å². The normalized spacial score (nSPS) is 15.8. The standard InChI is InChI=1S/C8H10N2O3/c1-13-7-5(4-2-3-4)6(8(11)12)9-10-7/h4H,2-3H2,1H3,(H,9,10)(H,11,12). The highest BCUT2D eigenvalue weighted by atomic mass is 16.5. The second kappa shape index (κ2) is 2.76. The Kier molecular flexibility index (Phi) is 1.72. The quantitative estimate of drug-likeness (QED) is 0.731. The summed E-state index contributed by atoms with van der Waals surface area (Å²) in [7, 11) is 1.49. The number of rotatable bonds is 3. The van der Waals surface area contributed by atoms with Crippen molar-refractivity contribution in [2.45, 2.75) is 18.8 Å². The van der Waals surface area contributed by atoms with Gasteiger partial charge in [0.1, 0.15) is 0 Å². The van der Waals surface area contributed by atoms with Gasteiger partial charge in [0.15, 0.2) is 5.69 Å². The molecule has 1 heterocycles. The Morgan fingerprint density at radius 1 is 1.69 bits per heavy atom. The summed E-state index contributed by atoms with van der Waals surface area (Å²) in [4.78, 5) is 10.8. The zero-order chi connectivity index (χ0) is 9.42. The first-order valence-electron chi connectivity index (χ1n) is 4.09. The first kappa shape index (κ1) is 8.10. The highest BCUT2D eigenvalue weighted by Crippen LogP contribution is 2.45. The Morgan fingerprint density at radius 3 is 2.85 bits per heavy atom. The summed E-state index contributed by atoms with van der Waals surface area (Å²) < 4.78 is 4.97. The maximum absolute atomic E-state index is 10.8. The van der Waals surface area contributed by atoms with E-state index in [1.54, 1.807) is 0 Å². The largest absolute Gasteiger partial charge is 0.480 e. The molecule has 1 fully saturated rings. The van der Waals surface area contributed by atoms with Gasteiger partial charge in [-0.15, -0.1) is 5.10 Å². The third-order valence-corrected chi connectivity index (χ3v) is 2.16. The molecule has 0 aliphatic heterocycles. The number of nitrogens with one attached hydrogen (secondary N) is 1. The first-order valence-corrected chi connectivity index (χ1v) is 4.09. The number of carboxylic acids is 1. The molecule has 2 N–H and O–H groups in total. The number of methoxy groups -OCH3 is 1. The molecule has 70 valence electrons. The number of aromatic carboxylic acids is 1. The molecule has 0 unspecified atom stereocenters. The van der Waals surface area contributed by atoms with Crippen molar-refractivity contribution in [3.63, 3.8) is 0 Å². The van der Waals surface area contributed by atoms with Crippen molar-refractivity contribution in [2.75, 3.05) is 7.11 Å². The number of aromatic amines is 1. The van der Waals surface area contributed by atoms with Crippen molar-refractivity contribution in [1.29, 1.82) is 0 Å². The van der Waals surface area contributed by atoms with Crippen LogP contribution in [0.2, 0.25) is 0 Å². The molecule has 0 bridgehead atoms. The summed E-state index contributed by atoms with van der Waals surface area (Å²) in [5, 5.41) is 15.1. The van der Waals surface area contributed by atoms with Gasteiger partial charge in [0.05, 0.1) is 12.7 Å². The molecule has 0 saturated heterocycles. The van der Waals surface area contributed by atoms with Gasteiger partial charge >= 0.3 is 5.97 Å². The fraction of sp³-hybridized carbons (Fsp3) is 0.500. The van der Waals surface area contributed by atoms with Crippen LogP contribution in [0.5, 0.6) is 5.88 Å². The maximum Gasteiger partial charge on any atom is 0.354 e. The Labute approximate surface area is 74.7 Å². The molecule has 0 atom stereocenters. The first-order chi connectivity index (χ1) is 6.24. The second-order valence-electron chi connectivity index (χ2n) is 3.10. The predicted molar refractivity (Wildman–Crippen MR) is 44.1 cm³/mol. The van der Waals surface area contributed by atoms with Crippen LogP contribution in [0.25, 0.3) is 0 Å². The van der Waals surface area contributed by atoms with Gasteiger partial charge in [-0.2, -0.15) is 0 Å². The molecular weight excluding hydrogens is 172 g/mol. The van der Waals surface area contributed by atoms with Crippen LogP contribution in [-0.2, 0) is 0 Å². The second-order valence-corrected chi connectivity index (χ2v) is 3.10. The van der Waals surface area contributed by atoms with E-state index in [2.05, 4.69) is 10.2 Å². The molecule has 0 spiro atoms. The summed E-state index contributed by atoms with van der Waals surface area (Å²) >= 11 is 0. The number of aromatic nitrogens is 2. The minimum Gasteiger partial charge on any atom is -0.480 e. The van der Waals surface area contributed by atoms with Crippen LogP contribution in [0, 0.1) is 0 Å². The van der Waals surface area contributed by atoms with Gasteiger partial charge < -0.3 is 9.84 Å². The van der Waals surface area contributed by atoms with Crippen LogP contribution < -0.4 is 4.74 Å². The Hall–Kier alpha value is -1.52. The number of H-pyrrole nitrogens is 1. The van der Waals surface area contributed by atoms with Crippen LogP contribution in [-0.4, -0.2) is 28.4 Å². The SMILES string of the molecule is COc1n[nH]c(C(=O)O)c1C1CC1. The van der Waals surface area contributed by atoms with Gasteiger partial charge in [-0.1, -0.05) is 0 Å². The third-order valence-electron chi connectivity index (χ3n) is 2.16. The molecule has 2 rings (SSSR count). The topological polar surface area (TPSA) is 75.2 Å². The van der Waals surface area contributed by atoms with E-state index in [4.69, 9.17) is 9.84 Å². The van der Waals surface area contributed by atoms with Crippen molar-refractivity contribution in [3.05, 3.63) is 11.3 Å². The van der Waals surface area contributed by atoms with Crippen LogP contribution in [0.3, 0.4) is 0 Å². The zero-order valence-corrected chi connectivity index (χ0v) is 7.20. The van der Waals surface area contributed by atoms with Crippen molar-refractivity contribution in [1.82, 2.24) is 10.2 Å². The molecule has 1 aliphatic carbocycles. The zero-order valence-electron chi connectivity index (χ0n) is 7.20. The molecule has 0 radical (unpaired) electrons. The van der Waals surface area contributed by atoms with Gasteiger partial charge in [-0.25, -0.2) is 4.79 Å². The fourth-order valence-electron chi connectivity index (χ4n) is 1.40. The van der Waals surface area contributed by atoms with Gasteiger partial charge in [0.25, 0.3) is 0 Å². The number of carboxylic acid groups (broad SMARTS) is 1. The van der Waals surface area contributed by atoms with Gasteiger partial charge in [0.2, 0.25) is 5.88 Å². The lowest BCUT2D eigenvalue weighted by Gasteiger charge is -1.98. The van der Waals surface area contributed by atoms with E-state index in [1.165, 1.54) is 7.11 Å². The van der Waals surface area contributed by atoms with Gasteiger partial charge in [0, 0.05) is 0 Å². The van der Waals surface area contributed by atoms with Crippen LogP contribution in [0.15, 0.2) is 0 Å². The number of hydrogen-bond acceptors (Lipinski definition) is 3. The van der Waals surface area contributed by atoms with Crippen LogP contribution in [0.4, 0.5) is 0 Å². The van der Waals surface area contributed by atoms with Crippen LogP contribution >= 0.6 is 0 Å². The molecule has 0 aromatic carbocycles. The van der Waals surface area contributed by atoms with E-state index >= 15 is 0 Å². The van der Waals surface area contributed by atoms with E-state index < -0.39 is 5.97 Å². The lowest BCUT2D eigenvalue weighted by Crippen LogP contribution is -2.00. The molecule has 1 aliphatic rings. The molecular formula is C8H10N2O3.